The zero-order chi connectivity index (χ0) is 21.9. The standard InChI is InChI=1S/C23H43NO5/c1-5-7-10-16-21(29-19(3)25)17-13-15-20(23(27)24-4)14-11-8-9-12-18-22(26)28-6-2/h20-21H,5-18H2,1-4H3,(H,24,27). The predicted octanol–water partition coefficient (Wildman–Crippen LogP) is 4.93. The third-order valence-electron chi connectivity index (χ3n) is 5.15. The number of nitrogens with one attached hydrogen (secondary N) is 1. The van der Waals surface area contributed by atoms with Crippen LogP contribution in [0.5, 0.6) is 0 Å². The molecule has 0 radical (unpaired) electrons. The van der Waals surface area contributed by atoms with Gasteiger partial charge in [-0.05, 0) is 51.9 Å². The number of hydrogen-bond donors (Lipinski definition) is 1. The summed E-state index contributed by atoms with van der Waals surface area (Å²) in [4.78, 5) is 34.9. The molecule has 6 heteroatoms. The van der Waals surface area contributed by atoms with Gasteiger partial charge >= 0.3 is 11.9 Å². The maximum absolute atomic E-state index is 12.2. The van der Waals surface area contributed by atoms with Crippen LogP contribution in [0.2, 0.25) is 0 Å². The summed E-state index contributed by atoms with van der Waals surface area (Å²) in [6.07, 6.45) is 11.9. The topological polar surface area (TPSA) is 81.7 Å². The molecule has 0 bridgehead atoms. The van der Waals surface area contributed by atoms with Gasteiger partial charge in [-0.1, -0.05) is 39.0 Å². The summed E-state index contributed by atoms with van der Waals surface area (Å²) in [5.41, 5.74) is 0. The fourth-order valence-electron chi connectivity index (χ4n) is 3.57. The number of esters is 2. The van der Waals surface area contributed by atoms with Crippen LogP contribution in [0.25, 0.3) is 0 Å². The highest BCUT2D eigenvalue weighted by Crippen LogP contribution is 2.21. The van der Waals surface area contributed by atoms with E-state index in [4.69, 9.17) is 9.47 Å². The summed E-state index contributed by atoms with van der Waals surface area (Å²) in [5.74, 6) is -0.264. The third-order valence-corrected chi connectivity index (χ3v) is 5.15. The maximum atomic E-state index is 12.2. The van der Waals surface area contributed by atoms with Crippen molar-refractivity contribution in [1.82, 2.24) is 5.32 Å². The van der Waals surface area contributed by atoms with E-state index >= 15 is 0 Å². The molecular formula is C23H43NO5. The summed E-state index contributed by atoms with van der Waals surface area (Å²) in [5, 5.41) is 2.77. The number of amides is 1. The first-order valence-electron chi connectivity index (χ1n) is 11.5. The van der Waals surface area contributed by atoms with Crippen LogP contribution >= 0.6 is 0 Å². The molecule has 0 saturated heterocycles. The smallest absolute Gasteiger partial charge is 0.305 e. The van der Waals surface area contributed by atoms with Crippen molar-refractivity contribution in [3.05, 3.63) is 0 Å². The lowest BCUT2D eigenvalue weighted by molar-refractivity contribution is -0.147. The van der Waals surface area contributed by atoms with Crippen LogP contribution in [0.1, 0.15) is 104 Å². The molecule has 0 fully saturated rings. The van der Waals surface area contributed by atoms with Gasteiger partial charge in [0, 0.05) is 26.3 Å². The van der Waals surface area contributed by atoms with Crippen molar-refractivity contribution >= 4 is 17.8 Å². The van der Waals surface area contributed by atoms with E-state index in [1.807, 2.05) is 6.92 Å². The van der Waals surface area contributed by atoms with Gasteiger partial charge in [-0.25, -0.2) is 0 Å². The Labute approximate surface area is 177 Å². The molecule has 0 aliphatic heterocycles. The van der Waals surface area contributed by atoms with Crippen molar-refractivity contribution in [2.45, 2.75) is 110 Å². The summed E-state index contributed by atoms with van der Waals surface area (Å²) >= 11 is 0. The maximum Gasteiger partial charge on any atom is 0.305 e. The zero-order valence-electron chi connectivity index (χ0n) is 19.1. The van der Waals surface area contributed by atoms with Gasteiger partial charge in [0.25, 0.3) is 0 Å². The Bertz CT molecular complexity index is 453. The molecular weight excluding hydrogens is 370 g/mol. The number of hydrogen-bond acceptors (Lipinski definition) is 5. The van der Waals surface area contributed by atoms with Crippen molar-refractivity contribution in [3.8, 4) is 0 Å². The molecule has 0 aliphatic carbocycles. The Hall–Kier alpha value is -1.59. The second-order valence-corrected chi connectivity index (χ2v) is 7.73. The molecule has 2 unspecified atom stereocenters. The number of carbonyl (C=O) groups is 3. The van der Waals surface area contributed by atoms with Gasteiger partial charge in [0.15, 0.2) is 0 Å². The van der Waals surface area contributed by atoms with Gasteiger partial charge in [0.1, 0.15) is 6.10 Å². The van der Waals surface area contributed by atoms with E-state index in [1.54, 1.807) is 7.05 Å². The quantitative estimate of drug-likeness (QED) is 0.254. The molecule has 170 valence electrons. The summed E-state index contributed by atoms with van der Waals surface area (Å²) < 4.78 is 10.4. The number of rotatable bonds is 18. The average Bonchev–Trinajstić information content (AvgIpc) is 2.68. The Balaban J connectivity index is 4.20. The van der Waals surface area contributed by atoms with Crippen molar-refractivity contribution in [3.63, 3.8) is 0 Å². The van der Waals surface area contributed by atoms with E-state index in [-0.39, 0.29) is 29.9 Å². The molecule has 2 atom stereocenters. The van der Waals surface area contributed by atoms with Crippen LogP contribution in [-0.2, 0) is 23.9 Å². The Kier molecular flexibility index (Phi) is 17.4. The molecule has 1 N–H and O–H groups in total. The van der Waals surface area contributed by atoms with Crippen molar-refractivity contribution in [2.24, 2.45) is 5.92 Å². The van der Waals surface area contributed by atoms with Gasteiger partial charge < -0.3 is 14.8 Å². The number of unbranched alkanes of at least 4 members (excludes halogenated alkanes) is 5. The number of carbonyl (C=O) groups excluding carboxylic acids is 3. The summed E-state index contributed by atoms with van der Waals surface area (Å²) in [6.45, 7) is 5.87. The van der Waals surface area contributed by atoms with Crippen LogP contribution in [0.3, 0.4) is 0 Å². The fourth-order valence-corrected chi connectivity index (χ4v) is 3.57. The Morgan fingerprint density at radius 1 is 0.828 bits per heavy atom. The first-order valence-corrected chi connectivity index (χ1v) is 11.5. The minimum Gasteiger partial charge on any atom is -0.466 e. The third kappa shape index (κ3) is 16.0. The molecule has 6 nitrogen and oxygen atoms in total. The molecule has 0 heterocycles. The second kappa shape index (κ2) is 18.4. The first kappa shape index (κ1) is 27.4. The molecule has 0 aromatic heterocycles. The highest BCUT2D eigenvalue weighted by atomic mass is 16.5. The predicted molar refractivity (Wildman–Crippen MR) is 115 cm³/mol. The van der Waals surface area contributed by atoms with Gasteiger partial charge in [-0.3, -0.25) is 14.4 Å². The lowest BCUT2D eigenvalue weighted by atomic mass is 9.93. The van der Waals surface area contributed by atoms with Gasteiger partial charge in [0.2, 0.25) is 5.91 Å². The van der Waals surface area contributed by atoms with Crippen LogP contribution in [-0.4, -0.2) is 37.6 Å². The van der Waals surface area contributed by atoms with Gasteiger partial charge in [-0.2, -0.15) is 0 Å². The van der Waals surface area contributed by atoms with Crippen molar-refractivity contribution in [1.29, 1.82) is 0 Å². The van der Waals surface area contributed by atoms with Crippen molar-refractivity contribution < 1.29 is 23.9 Å². The van der Waals surface area contributed by atoms with E-state index in [0.717, 1.165) is 77.0 Å². The Morgan fingerprint density at radius 2 is 1.45 bits per heavy atom. The average molecular weight is 414 g/mol. The van der Waals surface area contributed by atoms with Crippen LogP contribution < -0.4 is 5.32 Å². The molecule has 0 aromatic carbocycles. The van der Waals surface area contributed by atoms with E-state index in [9.17, 15) is 14.4 Å². The van der Waals surface area contributed by atoms with E-state index in [0.29, 0.717) is 13.0 Å². The largest absolute Gasteiger partial charge is 0.466 e. The van der Waals surface area contributed by atoms with Gasteiger partial charge in [0.05, 0.1) is 6.61 Å². The minimum absolute atomic E-state index is 0.00123. The molecule has 0 saturated carbocycles. The molecule has 0 rings (SSSR count). The lowest BCUT2D eigenvalue weighted by Gasteiger charge is -2.19. The molecule has 1 amide bonds. The molecule has 0 aromatic rings. The van der Waals surface area contributed by atoms with E-state index in [1.165, 1.54) is 6.92 Å². The molecule has 29 heavy (non-hydrogen) atoms. The Morgan fingerprint density at radius 3 is 2.07 bits per heavy atom. The van der Waals surface area contributed by atoms with Crippen LogP contribution in [0.4, 0.5) is 0 Å². The lowest BCUT2D eigenvalue weighted by Crippen LogP contribution is -2.27. The fraction of sp³-hybridized carbons (Fsp3) is 0.870. The van der Waals surface area contributed by atoms with E-state index < -0.39 is 0 Å². The summed E-state index contributed by atoms with van der Waals surface area (Å²) in [6, 6.07) is 0. The highest BCUT2D eigenvalue weighted by molar-refractivity contribution is 5.78. The monoisotopic (exact) mass is 413 g/mol. The summed E-state index contributed by atoms with van der Waals surface area (Å²) in [7, 11) is 1.68. The van der Waals surface area contributed by atoms with Crippen LogP contribution in [0, 0.1) is 5.92 Å². The van der Waals surface area contributed by atoms with Gasteiger partial charge in [-0.15, -0.1) is 0 Å². The van der Waals surface area contributed by atoms with Crippen LogP contribution in [0.15, 0.2) is 0 Å². The zero-order valence-corrected chi connectivity index (χ0v) is 19.1. The van der Waals surface area contributed by atoms with E-state index in [2.05, 4.69) is 12.2 Å². The first-order chi connectivity index (χ1) is 13.9. The SMILES string of the molecule is CCCCCC(CCCC(CCCCCCC(=O)OCC)C(=O)NC)OC(C)=O. The minimum atomic E-state index is -0.225. The number of ether oxygens (including phenoxy) is 2. The second-order valence-electron chi connectivity index (χ2n) is 7.73. The molecule has 0 spiro atoms. The highest BCUT2D eigenvalue weighted by Gasteiger charge is 2.18. The molecule has 0 aliphatic rings. The van der Waals surface area contributed by atoms with Crippen molar-refractivity contribution in [2.75, 3.05) is 13.7 Å². The normalized spacial score (nSPS) is 12.8.